The van der Waals surface area contributed by atoms with Crippen molar-refractivity contribution in [3.8, 4) is 5.69 Å². The number of rotatable bonds is 4. The van der Waals surface area contributed by atoms with E-state index in [1.807, 2.05) is 25.1 Å². The van der Waals surface area contributed by atoms with Crippen LogP contribution in [-0.2, 0) is 17.7 Å². The average molecular weight is 421 g/mol. The molecule has 1 N–H and O–H groups in total. The Morgan fingerprint density at radius 2 is 2.16 bits per heavy atom. The molecule has 1 aromatic heterocycles. The van der Waals surface area contributed by atoms with Crippen LogP contribution in [0.1, 0.15) is 39.0 Å². The van der Waals surface area contributed by atoms with E-state index in [9.17, 15) is 14.3 Å². The summed E-state index contributed by atoms with van der Waals surface area (Å²) >= 11 is 0. The van der Waals surface area contributed by atoms with Crippen molar-refractivity contribution in [1.82, 2.24) is 14.7 Å². The predicted octanol–water partition coefficient (Wildman–Crippen LogP) is 3.02. The van der Waals surface area contributed by atoms with Crippen LogP contribution in [-0.4, -0.2) is 51.1 Å². The minimum absolute atomic E-state index is 0.0778. The zero-order valence-electron chi connectivity index (χ0n) is 17.3. The first-order valence-electron chi connectivity index (χ1n) is 10.5. The molecule has 3 heterocycles. The normalized spacial score (nSPS) is 20.9. The lowest BCUT2D eigenvalue weighted by Gasteiger charge is -2.34. The Balaban J connectivity index is 1.39. The fraction of sp³-hybridized carbons (Fsp3) is 0.333. The van der Waals surface area contributed by atoms with Crippen LogP contribution in [0.4, 0.5) is 4.39 Å². The molecule has 3 aromatic rings. The van der Waals surface area contributed by atoms with Gasteiger partial charge in [-0.05, 0) is 66.3 Å². The molecule has 6 nitrogen and oxygen atoms in total. The first kappa shape index (κ1) is 19.9. The van der Waals surface area contributed by atoms with Gasteiger partial charge in [0.2, 0.25) is 0 Å². The Bertz CT molecular complexity index is 1130. The maximum Gasteiger partial charge on any atom is 0.254 e. The Kier molecular flexibility index (Phi) is 5.08. The summed E-state index contributed by atoms with van der Waals surface area (Å²) in [5.41, 5.74) is 4.90. The van der Waals surface area contributed by atoms with Crippen LogP contribution < -0.4 is 0 Å². The third-order valence-corrected chi connectivity index (χ3v) is 6.24. The van der Waals surface area contributed by atoms with Crippen molar-refractivity contribution >= 4 is 5.91 Å². The molecule has 0 radical (unpaired) electrons. The number of carbonyl (C=O) groups excluding carboxylic acids is 1. The second-order valence-electron chi connectivity index (χ2n) is 8.28. The molecule has 2 aromatic carbocycles. The molecule has 5 rings (SSSR count). The molecule has 2 aliphatic rings. The number of halogens is 1. The van der Waals surface area contributed by atoms with Gasteiger partial charge in [-0.1, -0.05) is 12.1 Å². The summed E-state index contributed by atoms with van der Waals surface area (Å²) in [4.78, 5) is 14.8. The fourth-order valence-electron chi connectivity index (χ4n) is 4.50. The largest absolute Gasteiger partial charge is 0.391 e. The highest BCUT2D eigenvalue weighted by Gasteiger charge is 2.38. The highest BCUT2D eigenvalue weighted by Crippen LogP contribution is 2.31. The van der Waals surface area contributed by atoms with E-state index < -0.39 is 6.10 Å². The van der Waals surface area contributed by atoms with Gasteiger partial charge >= 0.3 is 0 Å². The number of aromatic nitrogens is 2. The van der Waals surface area contributed by atoms with Crippen LogP contribution in [0.25, 0.3) is 5.69 Å². The van der Waals surface area contributed by atoms with Crippen molar-refractivity contribution in [3.63, 3.8) is 0 Å². The van der Waals surface area contributed by atoms with Crippen molar-refractivity contribution in [2.75, 3.05) is 13.2 Å². The monoisotopic (exact) mass is 421 g/mol. The number of benzene rings is 2. The zero-order chi connectivity index (χ0) is 21.5. The molecule has 0 unspecified atom stereocenters. The lowest BCUT2D eigenvalue weighted by molar-refractivity contribution is -0.0528. The first-order chi connectivity index (χ1) is 15.0. The minimum atomic E-state index is -0.566. The molecule has 160 valence electrons. The lowest BCUT2D eigenvalue weighted by Crippen LogP contribution is -2.49. The van der Waals surface area contributed by atoms with Gasteiger partial charge in [0.25, 0.3) is 5.91 Å². The molecule has 2 atom stereocenters. The molecule has 0 bridgehead atoms. The summed E-state index contributed by atoms with van der Waals surface area (Å²) in [6, 6.07) is 10.5. The smallest absolute Gasteiger partial charge is 0.254 e. The summed E-state index contributed by atoms with van der Waals surface area (Å²) in [5.74, 6) is -0.417. The third-order valence-electron chi connectivity index (χ3n) is 6.24. The number of aryl methyl sites for hydroxylation is 1. The van der Waals surface area contributed by atoms with Crippen molar-refractivity contribution in [2.45, 2.75) is 38.5 Å². The number of amides is 1. The first-order valence-corrected chi connectivity index (χ1v) is 10.5. The second-order valence-corrected chi connectivity index (χ2v) is 8.28. The van der Waals surface area contributed by atoms with Gasteiger partial charge in [-0.3, -0.25) is 4.79 Å². The summed E-state index contributed by atoms with van der Waals surface area (Å²) in [5, 5.41) is 14.4. The van der Waals surface area contributed by atoms with E-state index in [-0.39, 0.29) is 17.8 Å². The van der Waals surface area contributed by atoms with Gasteiger partial charge in [0.15, 0.2) is 0 Å². The van der Waals surface area contributed by atoms with Crippen LogP contribution in [0.5, 0.6) is 0 Å². The molecule has 1 fully saturated rings. The molecular weight excluding hydrogens is 397 g/mol. The number of carbonyl (C=O) groups is 1. The molecular formula is C24H24FN3O3. The Labute approximate surface area is 179 Å². The number of nitrogens with zero attached hydrogens (tertiary/aromatic N) is 3. The molecule has 2 aliphatic heterocycles. The van der Waals surface area contributed by atoms with E-state index in [1.54, 1.807) is 29.4 Å². The van der Waals surface area contributed by atoms with E-state index >= 15 is 0 Å². The fourth-order valence-corrected chi connectivity index (χ4v) is 4.50. The topological polar surface area (TPSA) is 67.6 Å². The van der Waals surface area contributed by atoms with Gasteiger partial charge in [0, 0.05) is 31.1 Å². The van der Waals surface area contributed by atoms with Crippen LogP contribution in [0, 0.1) is 12.7 Å². The number of hydrogen-bond acceptors (Lipinski definition) is 4. The van der Waals surface area contributed by atoms with Crippen molar-refractivity contribution < 1.29 is 19.0 Å². The number of aliphatic hydroxyl groups is 1. The van der Waals surface area contributed by atoms with Crippen LogP contribution >= 0.6 is 0 Å². The minimum Gasteiger partial charge on any atom is -0.391 e. The zero-order valence-corrected chi connectivity index (χ0v) is 17.3. The van der Waals surface area contributed by atoms with Crippen molar-refractivity contribution in [3.05, 3.63) is 82.4 Å². The summed E-state index contributed by atoms with van der Waals surface area (Å²) in [6.07, 6.45) is 3.81. The Hall–Kier alpha value is -3.03. The predicted molar refractivity (Wildman–Crippen MR) is 113 cm³/mol. The maximum atomic E-state index is 14.6. The number of ether oxygens (including phenoxy) is 1. The van der Waals surface area contributed by atoms with Crippen LogP contribution in [0.15, 0.2) is 48.8 Å². The molecule has 1 saturated heterocycles. The van der Waals surface area contributed by atoms with Gasteiger partial charge in [-0.15, -0.1) is 0 Å². The lowest BCUT2D eigenvalue weighted by atomic mass is 9.95. The Morgan fingerprint density at radius 1 is 1.29 bits per heavy atom. The van der Waals surface area contributed by atoms with Gasteiger partial charge < -0.3 is 14.7 Å². The van der Waals surface area contributed by atoms with E-state index in [0.29, 0.717) is 43.9 Å². The van der Waals surface area contributed by atoms with Gasteiger partial charge in [-0.25, -0.2) is 9.07 Å². The van der Waals surface area contributed by atoms with E-state index in [0.717, 1.165) is 22.3 Å². The van der Waals surface area contributed by atoms with Gasteiger partial charge in [0.1, 0.15) is 11.5 Å². The standard InChI is InChI=1S/C24H24FN3O3/c1-15-9-18-13-27(22-14-31-8-5-23(22)29)24(30)19(18)12-17(15)10-16-3-4-21(20(25)11-16)28-7-2-6-26-28/h2-4,6-7,9,11-12,22-23,29H,5,8,10,13-14H2,1H3/t22-,23-/m0/s1. The highest BCUT2D eigenvalue weighted by atomic mass is 19.1. The molecule has 0 aliphatic carbocycles. The van der Waals surface area contributed by atoms with Gasteiger partial charge in [-0.2, -0.15) is 5.10 Å². The summed E-state index contributed by atoms with van der Waals surface area (Å²) < 4.78 is 21.6. The van der Waals surface area contributed by atoms with Crippen LogP contribution in [0.2, 0.25) is 0 Å². The second kappa shape index (κ2) is 7.90. The van der Waals surface area contributed by atoms with E-state index in [2.05, 4.69) is 5.10 Å². The highest BCUT2D eigenvalue weighted by molar-refractivity contribution is 5.99. The molecule has 0 saturated carbocycles. The molecule has 0 spiro atoms. The maximum absolute atomic E-state index is 14.6. The molecule has 1 amide bonds. The molecule has 31 heavy (non-hydrogen) atoms. The average Bonchev–Trinajstić information content (AvgIpc) is 3.38. The van der Waals surface area contributed by atoms with Gasteiger partial charge in [0.05, 0.1) is 18.8 Å². The number of aliphatic hydroxyl groups excluding tert-OH is 1. The third kappa shape index (κ3) is 3.64. The van der Waals surface area contributed by atoms with Crippen molar-refractivity contribution in [2.24, 2.45) is 0 Å². The SMILES string of the molecule is Cc1cc2c(cc1Cc1ccc(-n3cccn3)c(F)c1)C(=O)N([C@H]1COCC[C@@H]1O)C2. The quantitative estimate of drug-likeness (QED) is 0.703. The van der Waals surface area contributed by atoms with E-state index in [1.165, 1.54) is 10.7 Å². The molecule has 7 heteroatoms. The van der Waals surface area contributed by atoms with E-state index in [4.69, 9.17) is 4.74 Å². The van der Waals surface area contributed by atoms with Crippen LogP contribution in [0.3, 0.4) is 0 Å². The number of fused-ring (bicyclic) bond motifs is 1. The summed E-state index contributed by atoms with van der Waals surface area (Å²) in [7, 11) is 0. The Morgan fingerprint density at radius 3 is 2.90 bits per heavy atom. The van der Waals surface area contributed by atoms with Crippen molar-refractivity contribution in [1.29, 1.82) is 0 Å². The number of hydrogen-bond donors (Lipinski definition) is 1. The summed E-state index contributed by atoms with van der Waals surface area (Å²) in [6.45, 7) is 3.36.